The van der Waals surface area contributed by atoms with Crippen molar-refractivity contribution < 1.29 is 13.9 Å². The van der Waals surface area contributed by atoms with Gasteiger partial charge in [0.15, 0.2) is 5.76 Å². The van der Waals surface area contributed by atoms with Crippen molar-refractivity contribution in [3.63, 3.8) is 0 Å². The summed E-state index contributed by atoms with van der Waals surface area (Å²) in [6, 6.07) is 17.4. The lowest BCUT2D eigenvalue weighted by atomic mass is 10.0. The SMILES string of the molecule is CCOc1ccc2ccccc2c1/C=N\NC(=O)c1cc2cc(Br)cc(I)c2o1. The molecular formula is C22H16BrIN2O3. The predicted octanol–water partition coefficient (Wildman–Crippen LogP) is 6.12. The molecule has 0 saturated carbocycles. The van der Waals surface area contributed by atoms with Crippen LogP contribution in [0, 0.1) is 3.57 Å². The van der Waals surface area contributed by atoms with Crippen molar-refractivity contribution in [1.82, 2.24) is 5.43 Å². The Bertz CT molecular complexity index is 1250. The molecule has 7 heteroatoms. The Morgan fingerprint density at radius 1 is 1.21 bits per heavy atom. The Hall–Kier alpha value is -2.39. The van der Waals surface area contributed by atoms with E-state index in [1.54, 1.807) is 12.3 Å². The van der Waals surface area contributed by atoms with E-state index in [2.05, 4.69) is 49.0 Å². The summed E-state index contributed by atoms with van der Waals surface area (Å²) in [5.41, 5.74) is 4.03. The zero-order chi connectivity index (χ0) is 20.4. The van der Waals surface area contributed by atoms with E-state index in [0.717, 1.165) is 29.8 Å². The first-order valence-corrected chi connectivity index (χ1v) is 10.8. The molecule has 5 nitrogen and oxygen atoms in total. The maximum atomic E-state index is 12.5. The molecule has 3 aromatic carbocycles. The summed E-state index contributed by atoms with van der Waals surface area (Å²) in [4.78, 5) is 12.5. The predicted molar refractivity (Wildman–Crippen MR) is 127 cm³/mol. The fraction of sp³-hybridized carbons (Fsp3) is 0.0909. The molecule has 146 valence electrons. The molecule has 0 saturated heterocycles. The van der Waals surface area contributed by atoms with Crippen LogP contribution in [-0.4, -0.2) is 18.7 Å². The van der Waals surface area contributed by atoms with Gasteiger partial charge in [-0.05, 0) is 64.6 Å². The largest absolute Gasteiger partial charge is 0.493 e. The molecule has 0 radical (unpaired) electrons. The number of hydrazone groups is 1. The van der Waals surface area contributed by atoms with E-state index in [1.165, 1.54) is 0 Å². The molecule has 0 aliphatic heterocycles. The molecule has 0 unspecified atom stereocenters. The molecular weight excluding hydrogens is 547 g/mol. The van der Waals surface area contributed by atoms with Gasteiger partial charge < -0.3 is 9.15 Å². The fourth-order valence-corrected chi connectivity index (χ4v) is 4.75. The van der Waals surface area contributed by atoms with Crippen LogP contribution in [0.2, 0.25) is 0 Å². The number of carbonyl (C=O) groups is 1. The minimum absolute atomic E-state index is 0.205. The van der Waals surface area contributed by atoms with E-state index >= 15 is 0 Å². The maximum absolute atomic E-state index is 12.5. The van der Waals surface area contributed by atoms with Gasteiger partial charge in [-0.1, -0.05) is 46.3 Å². The molecule has 1 aromatic heterocycles. The lowest BCUT2D eigenvalue weighted by Gasteiger charge is -2.10. The number of hydrogen-bond acceptors (Lipinski definition) is 4. The summed E-state index contributed by atoms with van der Waals surface area (Å²) >= 11 is 5.63. The van der Waals surface area contributed by atoms with Crippen LogP contribution in [0.25, 0.3) is 21.7 Å². The van der Waals surface area contributed by atoms with E-state index in [1.807, 2.05) is 55.5 Å². The first-order valence-electron chi connectivity index (χ1n) is 8.93. The van der Waals surface area contributed by atoms with Gasteiger partial charge in [0, 0.05) is 15.4 Å². The zero-order valence-electron chi connectivity index (χ0n) is 15.4. The third-order valence-electron chi connectivity index (χ3n) is 4.35. The number of nitrogens with zero attached hydrogens (tertiary/aromatic N) is 1. The van der Waals surface area contributed by atoms with Crippen molar-refractivity contribution in [3.8, 4) is 5.75 Å². The molecule has 1 N–H and O–H groups in total. The highest BCUT2D eigenvalue weighted by Crippen LogP contribution is 2.29. The van der Waals surface area contributed by atoms with Gasteiger partial charge in [-0.25, -0.2) is 5.43 Å². The molecule has 0 aliphatic rings. The standard InChI is InChI=1S/C22H16BrIN2O3/c1-2-28-19-8-7-13-5-3-4-6-16(13)17(19)12-25-26-22(27)20-10-14-9-15(23)11-18(24)21(14)29-20/h3-12H,2H2,1H3,(H,26,27)/b25-12-. The molecule has 0 aliphatic carbocycles. The first kappa shape index (κ1) is 19.9. The van der Waals surface area contributed by atoms with Gasteiger partial charge in [0.2, 0.25) is 0 Å². The highest BCUT2D eigenvalue weighted by Gasteiger charge is 2.14. The summed E-state index contributed by atoms with van der Waals surface area (Å²) in [6.07, 6.45) is 1.61. The van der Waals surface area contributed by atoms with Crippen LogP contribution in [0.5, 0.6) is 5.75 Å². The Morgan fingerprint density at radius 3 is 2.86 bits per heavy atom. The molecule has 4 aromatic rings. The number of benzene rings is 3. The summed E-state index contributed by atoms with van der Waals surface area (Å²) in [6.45, 7) is 2.47. The summed E-state index contributed by atoms with van der Waals surface area (Å²) in [5, 5.41) is 7.07. The number of rotatable bonds is 5. The van der Waals surface area contributed by atoms with Gasteiger partial charge in [-0.3, -0.25) is 4.79 Å². The monoisotopic (exact) mass is 562 g/mol. The Balaban J connectivity index is 1.61. The molecule has 1 amide bonds. The fourth-order valence-electron chi connectivity index (χ4n) is 3.09. The number of hydrogen-bond donors (Lipinski definition) is 1. The second kappa shape index (κ2) is 8.54. The van der Waals surface area contributed by atoms with Gasteiger partial charge in [-0.2, -0.15) is 5.10 Å². The van der Waals surface area contributed by atoms with E-state index in [9.17, 15) is 4.79 Å². The van der Waals surface area contributed by atoms with Crippen molar-refractivity contribution in [2.45, 2.75) is 6.92 Å². The van der Waals surface area contributed by atoms with Crippen LogP contribution in [-0.2, 0) is 0 Å². The van der Waals surface area contributed by atoms with Crippen molar-refractivity contribution in [2.75, 3.05) is 6.61 Å². The molecule has 4 rings (SSSR count). The second-order valence-corrected chi connectivity index (χ2v) is 8.33. The molecule has 0 atom stereocenters. The average molecular weight is 563 g/mol. The van der Waals surface area contributed by atoms with Crippen LogP contribution < -0.4 is 10.2 Å². The van der Waals surface area contributed by atoms with Crippen LogP contribution in [0.15, 0.2) is 68.6 Å². The van der Waals surface area contributed by atoms with Gasteiger partial charge >= 0.3 is 5.91 Å². The molecule has 0 spiro atoms. The molecule has 1 heterocycles. The van der Waals surface area contributed by atoms with Crippen LogP contribution in [0.4, 0.5) is 0 Å². The van der Waals surface area contributed by atoms with Crippen LogP contribution >= 0.6 is 38.5 Å². The number of furan rings is 1. The average Bonchev–Trinajstić information content (AvgIpc) is 3.14. The number of amides is 1. The maximum Gasteiger partial charge on any atom is 0.307 e. The minimum Gasteiger partial charge on any atom is -0.493 e. The zero-order valence-corrected chi connectivity index (χ0v) is 19.2. The lowest BCUT2D eigenvalue weighted by molar-refractivity contribution is 0.0929. The Morgan fingerprint density at radius 2 is 2.03 bits per heavy atom. The van der Waals surface area contributed by atoms with E-state index in [0.29, 0.717) is 17.9 Å². The van der Waals surface area contributed by atoms with Gasteiger partial charge in [0.1, 0.15) is 11.3 Å². The molecule has 0 bridgehead atoms. The van der Waals surface area contributed by atoms with E-state index < -0.39 is 5.91 Å². The van der Waals surface area contributed by atoms with Crippen molar-refractivity contribution in [2.24, 2.45) is 5.10 Å². The minimum atomic E-state index is -0.414. The van der Waals surface area contributed by atoms with Gasteiger partial charge in [-0.15, -0.1) is 0 Å². The highest BCUT2D eigenvalue weighted by atomic mass is 127. The molecule has 0 fully saturated rings. The second-order valence-electron chi connectivity index (χ2n) is 6.25. The summed E-state index contributed by atoms with van der Waals surface area (Å²) in [5.74, 6) is 0.506. The van der Waals surface area contributed by atoms with E-state index in [-0.39, 0.29) is 5.76 Å². The Labute approximate surface area is 189 Å². The summed E-state index contributed by atoms with van der Waals surface area (Å²) in [7, 11) is 0. The highest BCUT2D eigenvalue weighted by molar-refractivity contribution is 14.1. The van der Waals surface area contributed by atoms with Gasteiger partial charge in [0.25, 0.3) is 0 Å². The number of fused-ring (bicyclic) bond motifs is 2. The smallest absolute Gasteiger partial charge is 0.307 e. The molecule has 29 heavy (non-hydrogen) atoms. The number of nitrogens with one attached hydrogen (secondary N) is 1. The third kappa shape index (κ3) is 4.16. The van der Waals surface area contributed by atoms with E-state index in [4.69, 9.17) is 9.15 Å². The van der Waals surface area contributed by atoms with Crippen LogP contribution in [0.3, 0.4) is 0 Å². The first-order chi connectivity index (χ1) is 14.1. The van der Waals surface area contributed by atoms with Gasteiger partial charge in [0.05, 0.1) is 16.4 Å². The van der Waals surface area contributed by atoms with Crippen LogP contribution in [0.1, 0.15) is 23.0 Å². The quantitative estimate of drug-likeness (QED) is 0.181. The Kier molecular flexibility index (Phi) is 5.86. The number of halogens is 2. The van der Waals surface area contributed by atoms with Crippen molar-refractivity contribution in [3.05, 3.63) is 74.0 Å². The normalized spacial score (nSPS) is 11.4. The van der Waals surface area contributed by atoms with Crippen molar-refractivity contribution >= 4 is 72.4 Å². The number of ether oxygens (including phenoxy) is 1. The third-order valence-corrected chi connectivity index (χ3v) is 5.61. The summed E-state index contributed by atoms with van der Waals surface area (Å²) < 4.78 is 13.3. The van der Waals surface area contributed by atoms with Crippen molar-refractivity contribution in [1.29, 1.82) is 0 Å². The lowest BCUT2D eigenvalue weighted by Crippen LogP contribution is -2.16. The number of carbonyl (C=O) groups excluding carboxylic acids is 1. The topological polar surface area (TPSA) is 63.8 Å².